The molecular formula is C18H23N3O2S. The number of piperidine rings is 1. The normalized spacial score (nSPS) is 18.5. The first-order chi connectivity index (χ1) is 11.8. The number of aliphatic hydroxyl groups excluding tert-OH is 1. The highest BCUT2D eigenvalue weighted by Gasteiger charge is 2.21. The van der Waals surface area contributed by atoms with E-state index in [0.717, 1.165) is 30.1 Å². The standard InChI is InChI=1S/C18H23N3O2S/c22-13-16-6-1-2-9-21(16)10-7-19-17(23)14-4-3-5-15(12-14)18-20-8-11-24-18/h3-5,8,11-12,16,22H,1-2,6-7,9-10,13H2,(H,19,23)/t16-/m0/s1. The Morgan fingerprint density at radius 3 is 3.12 bits per heavy atom. The molecule has 3 rings (SSSR count). The minimum absolute atomic E-state index is 0.0639. The number of amides is 1. The topological polar surface area (TPSA) is 65.5 Å². The van der Waals surface area contributed by atoms with Crippen molar-refractivity contribution in [3.63, 3.8) is 0 Å². The fraction of sp³-hybridized carbons (Fsp3) is 0.444. The molecule has 0 radical (unpaired) electrons. The molecular weight excluding hydrogens is 322 g/mol. The summed E-state index contributed by atoms with van der Waals surface area (Å²) in [7, 11) is 0. The average Bonchev–Trinajstić information content (AvgIpc) is 3.17. The van der Waals surface area contributed by atoms with Gasteiger partial charge in [0.1, 0.15) is 5.01 Å². The van der Waals surface area contributed by atoms with Gasteiger partial charge in [0.25, 0.3) is 5.91 Å². The molecule has 0 unspecified atom stereocenters. The maximum absolute atomic E-state index is 12.4. The monoisotopic (exact) mass is 345 g/mol. The van der Waals surface area contributed by atoms with E-state index < -0.39 is 0 Å². The zero-order valence-corrected chi connectivity index (χ0v) is 14.5. The Morgan fingerprint density at radius 2 is 2.33 bits per heavy atom. The Kier molecular flexibility index (Phi) is 5.96. The number of aliphatic hydroxyl groups is 1. The molecule has 2 aromatic rings. The number of hydrogen-bond donors (Lipinski definition) is 2. The predicted octanol–water partition coefficient (Wildman–Crippen LogP) is 2.39. The number of carbonyl (C=O) groups excluding carboxylic acids is 1. The van der Waals surface area contributed by atoms with E-state index in [1.54, 1.807) is 17.5 Å². The fourth-order valence-corrected chi connectivity index (χ4v) is 3.77. The highest BCUT2D eigenvalue weighted by Crippen LogP contribution is 2.22. The van der Waals surface area contributed by atoms with Crippen LogP contribution in [0.2, 0.25) is 0 Å². The van der Waals surface area contributed by atoms with Gasteiger partial charge in [-0.3, -0.25) is 9.69 Å². The van der Waals surface area contributed by atoms with Crippen LogP contribution in [0.4, 0.5) is 0 Å². The van der Waals surface area contributed by atoms with Crippen molar-refractivity contribution in [1.29, 1.82) is 0 Å². The van der Waals surface area contributed by atoms with Gasteiger partial charge in [-0.15, -0.1) is 11.3 Å². The Labute approximate surface area is 146 Å². The van der Waals surface area contributed by atoms with Gasteiger partial charge in [-0.05, 0) is 31.5 Å². The lowest BCUT2D eigenvalue weighted by Crippen LogP contribution is -2.45. The Morgan fingerprint density at radius 1 is 1.42 bits per heavy atom. The average molecular weight is 345 g/mol. The van der Waals surface area contributed by atoms with E-state index in [-0.39, 0.29) is 18.6 Å². The van der Waals surface area contributed by atoms with Crippen LogP contribution in [0.5, 0.6) is 0 Å². The van der Waals surface area contributed by atoms with E-state index in [1.807, 2.05) is 29.6 Å². The number of carbonyl (C=O) groups is 1. The summed E-state index contributed by atoms with van der Waals surface area (Å²) < 4.78 is 0. The first-order valence-electron chi connectivity index (χ1n) is 8.41. The second-order valence-corrected chi connectivity index (χ2v) is 6.94. The van der Waals surface area contributed by atoms with E-state index in [2.05, 4.69) is 15.2 Å². The van der Waals surface area contributed by atoms with Crippen molar-refractivity contribution >= 4 is 17.2 Å². The summed E-state index contributed by atoms with van der Waals surface area (Å²) in [5.74, 6) is -0.0639. The van der Waals surface area contributed by atoms with Crippen LogP contribution in [0, 0.1) is 0 Å². The largest absolute Gasteiger partial charge is 0.395 e. The molecule has 1 aliphatic heterocycles. The van der Waals surface area contributed by atoms with Crippen molar-refractivity contribution in [2.24, 2.45) is 0 Å². The molecule has 1 aromatic carbocycles. The van der Waals surface area contributed by atoms with Crippen LogP contribution >= 0.6 is 11.3 Å². The van der Waals surface area contributed by atoms with Crippen LogP contribution in [-0.2, 0) is 0 Å². The molecule has 0 saturated carbocycles. The first kappa shape index (κ1) is 17.1. The predicted molar refractivity (Wildman–Crippen MR) is 96.2 cm³/mol. The van der Waals surface area contributed by atoms with Gasteiger partial charge < -0.3 is 10.4 Å². The van der Waals surface area contributed by atoms with Crippen molar-refractivity contribution < 1.29 is 9.90 Å². The number of rotatable bonds is 6. The highest BCUT2D eigenvalue weighted by atomic mass is 32.1. The van der Waals surface area contributed by atoms with Crippen molar-refractivity contribution in [3.05, 3.63) is 41.4 Å². The van der Waals surface area contributed by atoms with Crippen LogP contribution in [0.25, 0.3) is 10.6 Å². The van der Waals surface area contributed by atoms with E-state index in [1.165, 1.54) is 12.8 Å². The maximum atomic E-state index is 12.4. The summed E-state index contributed by atoms with van der Waals surface area (Å²) in [6.45, 7) is 2.57. The molecule has 128 valence electrons. The minimum Gasteiger partial charge on any atom is -0.395 e. The van der Waals surface area contributed by atoms with Gasteiger partial charge >= 0.3 is 0 Å². The molecule has 6 heteroatoms. The molecule has 0 bridgehead atoms. The van der Waals surface area contributed by atoms with Crippen molar-refractivity contribution in [3.8, 4) is 10.6 Å². The molecule has 1 atom stereocenters. The molecule has 2 heterocycles. The summed E-state index contributed by atoms with van der Waals surface area (Å²) in [4.78, 5) is 18.9. The molecule has 1 aromatic heterocycles. The van der Waals surface area contributed by atoms with Gasteiger partial charge in [0.15, 0.2) is 0 Å². The van der Waals surface area contributed by atoms with E-state index in [0.29, 0.717) is 12.1 Å². The molecule has 2 N–H and O–H groups in total. The fourth-order valence-electron chi connectivity index (χ4n) is 3.14. The number of aromatic nitrogens is 1. The third-order valence-electron chi connectivity index (χ3n) is 4.45. The molecule has 1 aliphatic rings. The highest BCUT2D eigenvalue weighted by molar-refractivity contribution is 7.13. The SMILES string of the molecule is O=C(NCCN1CCCC[C@H]1CO)c1cccc(-c2nccs2)c1. The number of hydrogen-bond acceptors (Lipinski definition) is 5. The van der Waals surface area contributed by atoms with Crippen LogP contribution in [0.3, 0.4) is 0 Å². The van der Waals surface area contributed by atoms with Crippen molar-refractivity contribution in [2.45, 2.75) is 25.3 Å². The third kappa shape index (κ3) is 4.20. The molecule has 0 aliphatic carbocycles. The second kappa shape index (κ2) is 8.37. The smallest absolute Gasteiger partial charge is 0.251 e. The molecule has 24 heavy (non-hydrogen) atoms. The number of benzene rings is 1. The quantitative estimate of drug-likeness (QED) is 0.844. The van der Waals surface area contributed by atoms with Gasteiger partial charge in [-0.25, -0.2) is 4.98 Å². The van der Waals surface area contributed by atoms with Gasteiger partial charge in [0.05, 0.1) is 6.61 Å². The number of nitrogens with zero attached hydrogens (tertiary/aromatic N) is 2. The second-order valence-electron chi connectivity index (χ2n) is 6.04. The van der Waals surface area contributed by atoms with Crippen LogP contribution in [0.15, 0.2) is 35.8 Å². The number of likely N-dealkylation sites (tertiary alicyclic amines) is 1. The Balaban J connectivity index is 1.54. The van der Waals surface area contributed by atoms with E-state index in [4.69, 9.17) is 0 Å². The number of thiazole rings is 1. The van der Waals surface area contributed by atoms with Crippen molar-refractivity contribution in [1.82, 2.24) is 15.2 Å². The van der Waals surface area contributed by atoms with Gasteiger partial charge in [-0.2, -0.15) is 0 Å². The summed E-state index contributed by atoms with van der Waals surface area (Å²) in [5.41, 5.74) is 1.62. The molecule has 5 nitrogen and oxygen atoms in total. The minimum atomic E-state index is -0.0639. The van der Waals surface area contributed by atoms with Gasteiger partial charge in [-0.1, -0.05) is 18.6 Å². The Hall–Kier alpha value is -1.76. The molecule has 1 amide bonds. The van der Waals surface area contributed by atoms with Gasteiger partial charge in [0.2, 0.25) is 0 Å². The lowest BCUT2D eigenvalue weighted by molar-refractivity contribution is 0.0849. The molecule has 0 spiro atoms. The maximum Gasteiger partial charge on any atom is 0.251 e. The Bertz CT molecular complexity index is 660. The lowest BCUT2D eigenvalue weighted by atomic mass is 10.0. The first-order valence-corrected chi connectivity index (χ1v) is 9.29. The summed E-state index contributed by atoms with van der Waals surface area (Å²) in [6.07, 6.45) is 5.15. The summed E-state index contributed by atoms with van der Waals surface area (Å²) >= 11 is 1.56. The zero-order valence-electron chi connectivity index (χ0n) is 13.6. The van der Waals surface area contributed by atoms with Gasteiger partial charge in [0, 0.05) is 41.8 Å². The third-order valence-corrected chi connectivity index (χ3v) is 5.27. The van der Waals surface area contributed by atoms with E-state index >= 15 is 0 Å². The van der Waals surface area contributed by atoms with Crippen LogP contribution in [-0.4, -0.2) is 53.2 Å². The number of nitrogens with one attached hydrogen (secondary N) is 1. The van der Waals surface area contributed by atoms with Crippen LogP contribution < -0.4 is 5.32 Å². The molecule has 1 fully saturated rings. The zero-order chi connectivity index (χ0) is 16.8. The summed E-state index contributed by atoms with van der Waals surface area (Å²) in [5, 5.41) is 15.3. The molecule has 1 saturated heterocycles. The van der Waals surface area contributed by atoms with Crippen LogP contribution in [0.1, 0.15) is 29.6 Å². The summed E-state index contributed by atoms with van der Waals surface area (Å²) in [6, 6.07) is 7.80. The van der Waals surface area contributed by atoms with E-state index in [9.17, 15) is 9.90 Å². The van der Waals surface area contributed by atoms with Crippen molar-refractivity contribution in [2.75, 3.05) is 26.2 Å². The lowest BCUT2D eigenvalue weighted by Gasteiger charge is -2.34.